The number of nitrogens with one attached hydrogen (secondary N) is 2. The molecular formula is C14H21N3. The summed E-state index contributed by atoms with van der Waals surface area (Å²) in [6, 6.07) is 9.44. The maximum Gasteiger partial charge on any atom is 0.0238 e. The van der Waals surface area contributed by atoms with Crippen molar-refractivity contribution < 1.29 is 0 Å². The molecule has 2 N–H and O–H groups in total. The van der Waals surface area contributed by atoms with E-state index < -0.39 is 0 Å². The van der Waals surface area contributed by atoms with Crippen LogP contribution >= 0.6 is 0 Å². The molecule has 3 heteroatoms. The Balaban J connectivity index is 1.60. The second-order valence-electron chi connectivity index (χ2n) is 5.10. The van der Waals surface area contributed by atoms with Gasteiger partial charge in [-0.15, -0.1) is 0 Å². The molecule has 0 unspecified atom stereocenters. The smallest absolute Gasteiger partial charge is 0.0238 e. The summed E-state index contributed by atoms with van der Waals surface area (Å²) in [5.74, 6) is 0. The van der Waals surface area contributed by atoms with Crippen LogP contribution in [0.2, 0.25) is 0 Å². The van der Waals surface area contributed by atoms with E-state index in [1.165, 1.54) is 37.2 Å². The first-order chi connectivity index (χ1) is 8.42. The summed E-state index contributed by atoms with van der Waals surface area (Å²) in [7, 11) is 0. The van der Waals surface area contributed by atoms with E-state index in [-0.39, 0.29) is 0 Å². The molecule has 0 aliphatic carbocycles. The largest absolute Gasteiger partial charge is 0.314 e. The van der Waals surface area contributed by atoms with E-state index in [1.54, 1.807) is 0 Å². The van der Waals surface area contributed by atoms with Gasteiger partial charge >= 0.3 is 0 Å². The van der Waals surface area contributed by atoms with Crippen LogP contribution in [0.1, 0.15) is 11.1 Å². The number of benzene rings is 1. The summed E-state index contributed by atoms with van der Waals surface area (Å²) in [4.78, 5) is 2.57. The molecule has 17 heavy (non-hydrogen) atoms. The molecule has 2 aliphatic rings. The molecule has 0 aromatic heterocycles. The van der Waals surface area contributed by atoms with Crippen molar-refractivity contribution in [2.24, 2.45) is 0 Å². The number of piperazine rings is 1. The van der Waals surface area contributed by atoms with Crippen LogP contribution in [0.15, 0.2) is 24.3 Å². The molecular weight excluding hydrogens is 210 g/mol. The summed E-state index contributed by atoms with van der Waals surface area (Å²) < 4.78 is 0. The highest BCUT2D eigenvalue weighted by molar-refractivity contribution is 5.29. The zero-order chi connectivity index (χ0) is 11.5. The van der Waals surface area contributed by atoms with E-state index in [1.807, 2.05) is 0 Å². The van der Waals surface area contributed by atoms with E-state index in [0.717, 1.165) is 19.6 Å². The van der Waals surface area contributed by atoms with Gasteiger partial charge in [-0.3, -0.25) is 4.90 Å². The molecule has 92 valence electrons. The third kappa shape index (κ3) is 2.68. The first-order valence-corrected chi connectivity index (χ1v) is 6.65. The van der Waals surface area contributed by atoms with Crippen LogP contribution < -0.4 is 10.6 Å². The van der Waals surface area contributed by atoms with Crippen LogP contribution in [0.3, 0.4) is 0 Å². The predicted octanol–water partition coefficient (Wildman–Crippen LogP) is 0.606. The van der Waals surface area contributed by atoms with Gasteiger partial charge in [-0.05, 0) is 17.5 Å². The van der Waals surface area contributed by atoms with Gasteiger partial charge in [-0.25, -0.2) is 0 Å². The van der Waals surface area contributed by atoms with Crippen LogP contribution in [-0.2, 0) is 13.0 Å². The molecule has 0 saturated carbocycles. The zero-order valence-electron chi connectivity index (χ0n) is 10.3. The van der Waals surface area contributed by atoms with Crippen molar-refractivity contribution in [3.05, 3.63) is 35.4 Å². The Labute approximate surface area is 103 Å². The minimum Gasteiger partial charge on any atom is -0.314 e. The van der Waals surface area contributed by atoms with E-state index in [0.29, 0.717) is 6.04 Å². The SMILES string of the molecule is c1ccc2c(c1)CN[C@H](CN1CCNCC1)C2. The van der Waals surface area contributed by atoms with E-state index in [9.17, 15) is 0 Å². The first-order valence-electron chi connectivity index (χ1n) is 6.65. The van der Waals surface area contributed by atoms with Crippen LogP contribution in [0.5, 0.6) is 0 Å². The van der Waals surface area contributed by atoms with Gasteiger partial charge < -0.3 is 10.6 Å². The third-order valence-electron chi connectivity index (χ3n) is 3.85. The van der Waals surface area contributed by atoms with E-state index in [4.69, 9.17) is 0 Å². The fraction of sp³-hybridized carbons (Fsp3) is 0.571. The van der Waals surface area contributed by atoms with Gasteiger partial charge in [0, 0.05) is 45.3 Å². The lowest BCUT2D eigenvalue weighted by Crippen LogP contribution is -2.50. The van der Waals surface area contributed by atoms with E-state index in [2.05, 4.69) is 39.8 Å². The fourth-order valence-electron chi connectivity index (χ4n) is 2.86. The maximum absolute atomic E-state index is 3.66. The molecule has 3 rings (SSSR count). The van der Waals surface area contributed by atoms with Crippen molar-refractivity contribution in [1.82, 2.24) is 15.5 Å². The van der Waals surface area contributed by atoms with Crippen molar-refractivity contribution in [3.63, 3.8) is 0 Å². The number of hydrogen-bond acceptors (Lipinski definition) is 3. The quantitative estimate of drug-likeness (QED) is 0.781. The average Bonchev–Trinajstić information content (AvgIpc) is 2.40. The Bertz CT molecular complexity index is 371. The molecule has 1 aromatic carbocycles. The van der Waals surface area contributed by atoms with Crippen LogP contribution in [0.4, 0.5) is 0 Å². The summed E-state index contributed by atoms with van der Waals surface area (Å²) >= 11 is 0. The van der Waals surface area contributed by atoms with Crippen molar-refractivity contribution in [2.45, 2.75) is 19.0 Å². The topological polar surface area (TPSA) is 27.3 Å². The van der Waals surface area contributed by atoms with E-state index >= 15 is 0 Å². The monoisotopic (exact) mass is 231 g/mol. The third-order valence-corrected chi connectivity index (χ3v) is 3.85. The maximum atomic E-state index is 3.66. The van der Waals surface area contributed by atoms with Crippen LogP contribution in [0.25, 0.3) is 0 Å². The second kappa shape index (κ2) is 5.17. The minimum absolute atomic E-state index is 0.628. The molecule has 1 fully saturated rings. The minimum atomic E-state index is 0.628. The van der Waals surface area contributed by atoms with Gasteiger partial charge in [0.25, 0.3) is 0 Å². The number of nitrogens with zero attached hydrogens (tertiary/aromatic N) is 1. The lowest BCUT2D eigenvalue weighted by atomic mass is 9.95. The Kier molecular flexibility index (Phi) is 3.41. The van der Waals surface area contributed by atoms with Crippen molar-refractivity contribution >= 4 is 0 Å². The molecule has 1 atom stereocenters. The average molecular weight is 231 g/mol. The van der Waals surface area contributed by atoms with Crippen LogP contribution in [0, 0.1) is 0 Å². The second-order valence-corrected chi connectivity index (χ2v) is 5.10. The van der Waals surface area contributed by atoms with Gasteiger partial charge in [-0.1, -0.05) is 24.3 Å². The highest BCUT2D eigenvalue weighted by Crippen LogP contribution is 2.16. The molecule has 0 bridgehead atoms. The Morgan fingerprint density at radius 2 is 1.88 bits per heavy atom. The number of fused-ring (bicyclic) bond motifs is 1. The van der Waals surface area contributed by atoms with Crippen molar-refractivity contribution in [1.29, 1.82) is 0 Å². The molecule has 1 aromatic rings. The molecule has 2 heterocycles. The summed E-state index contributed by atoms with van der Waals surface area (Å²) in [5.41, 5.74) is 3.01. The number of rotatable bonds is 2. The lowest BCUT2D eigenvalue weighted by molar-refractivity contribution is 0.211. The normalized spacial score (nSPS) is 25.5. The summed E-state index contributed by atoms with van der Waals surface area (Å²) in [6.07, 6.45) is 1.18. The highest BCUT2D eigenvalue weighted by Gasteiger charge is 2.20. The van der Waals surface area contributed by atoms with Gasteiger partial charge in [0.2, 0.25) is 0 Å². The molecule has 0 amide bonds. The first kappa shape index (κ1) is 11.2. The molecule has 0 spiro atoms. The summed E-state index contributed by atoms with van der Waals surface area (Å²) in [6.45, 7) is 6.90. The van der Waals surface area contributed by atoms with Crippen molar-refractivity contribution in [2.75, 3.05) is 32.7 Å². The van der Waals surface area contributed by atoms with Crippen molar-refractivity contribution in [3.8, 4) is 0 Å². The van der Waals surface area contributed by atoms with Crippen LogP contribution in [-0.4, -0.2) is 43.7 Å². The van der Waals surface area contributed by atoms with Gasteiger partial charge in [0.1, 0.15) is 0 Å². The van der Waals surface area contributed by atoms with Gasteiger partial charge in [0.05, 0.1) is 0 Å². The zero-order valence-corrected chi connectivity index (χ0v) is 10.3. The Morgan fingerprint density at radius 1 is 1.12 bits per heavy atom. The van der Waals surface area contributed by atoms with Gasteiger partial charge in [-0.2, -0.15) is 0 Å². The molecule has 1 saturated heterocycles. The molecule has 0 radical (unpaired) electrons. The number of hydrogen-bond donors (Lipinski definition) is 2. The highest BCUT2D eigenvalue weighted by atomic mass is 15.2. The lowest BCUT2D eigenvalue weighted by Gasteiger charge is -2.33. The van der Waals surface area contributed by atoms with Gasteiger partial charge in [0.15, 0.2) is 0 Å². The summed E-state index contributed by atoms with van der Waals surface area (Å²) in [5, 5.41) is 7.07. The Hall–Kier alpha value is -0.900. The molecule has 3 nitrogen and oxygen atoms in total. The standard InChI is InChI=1S/C14H21N3/c1-2-4-13-10-16-14(9-12(13)3-1)11-17-7-5-15-6-8-17/h1-4,14-16H,5-11H2/t14-/m0/s1. The fourth-order valence-corrected chi connectivity index (χ4v) is 2.86. The predicted molar refractivity (Wildman–Crippen MR) is 70.1 cm³/mol. The Morgan fingerprint density at radius 3 is 2.71 bits per heavy atom. The molecule has 2 aliphatic heterocycles.